The van der Waals surface area contributed by atoms with Gasteiger partial charge in [0.05, 0.1) is 37.0 Å². The van der Waals surface area contributed by atoms with Crippen LogP contribution in [0.3, 0.4) is 0 Å². The van der Waals surface area contributed by atoms with Gasteiger partial charge in [0.15, 0.2) is 0 Å². The maximum absolute atomic E-state index is 13.2. The minimum Gasteiger partial charge on any atom is -0.374 e. The molecule has 0 unspecified atom stereocenters. The van der Waals surface area contributed by atoms with Crippen LogP contribution in [0, 0.1) is 5.92 Å². The normalized spacial score (nSPS) is 34.4. The molecule has 3 aliphatic rings. The topological polar surface area (TPSA) is 56.6 Å². The smallest absolute Gasteiger partial charge is 0.229 e. The van der Waals surface area contributed by atoms with Gasteiger partial charge in [-0.05, 0) is 19.3 Å². The molecule has 23 heavy (non-hydrogen) atoms. The van der Waals surface area contributed by atoms with E-state index in [0.717, 1.165) is 31.4 Å². The van der Waals surface area contributed by atoms with Gasteiger partial charge in [-0.3, -0.25) is 9.48 Å². The highest BCUT2D eigenvalue weighted by atomic mass is 16.5. The van der Waals surface area contributed by atoms with E-state index in [-0.39, 0.29) is 30.1 Å². The van der Waals surface area contributed by atoms with Crippen LogP contribution in [-0.2, 0) is 21.3 Å². The summed E-state index contributed by atoms with van der Waals surface area (Å²) in [4.78, 5) is 15.3. The van der Waals surface area contributed by atoms with Crippen molar-refractivity contribution in [3.05, 3.63) is 18.0 Å². The van der Waals surface area contributed by atoms with Crippen LogP contribution >= 0.6 is 0 Å². The number of nitrogens with zero attached hydrogens (tertiary/aromatic N) is 3. The molecule has 0 radical (unpaired) electrons. The Labute approximate surface area is 136 Å². The molecule has 0 spiro atoms. The van der Waals surface area contributed by atoms with Crippen molar-refractivity contribution in [2.24, 2.45) is 13.0 Å². The quantitative estimate of drug-likeness (QED) is 0.832. The van der Waals surface area contributed by atoms with Crippen molar-refractivity contribution in [3.63, 3.8) is 0 Å². The third-order valence-electron chi connectivity index (χ3n) is 5.48. The second-order valence-electron chi connectivity index (χ2n) is 6.93. The van der Waals surface area contributed by atoms with Crippen LogP contribution in [0.2, 0.25) is 0 Å². The standard InChI is InChI=1S/C17H25N3O3/c1-19-11-12(10-18-19)16-13(6-8-23-16)17(21)20-7-9-22-15-5-3-2-4-14(15)20/h10-11,13-16H,2-9H2,1H3/t13-,14-,15+,16+/m0/s1. The molecule has 3 fully saturated rings. The van der Waals surface area contributed by atoms with Gasteiger partial charge < -0.3 is 14.4 Å². The average molecular weight is 319 g/mol. The Morgan fingerprint density at radius 1 is 1.22 bits per heavy atom. The fourth-order valence-corrected chi connectivity index (χ4v) is 4.34. The Bertz CT molecular complexity index is 571. The summed E-state index contributed by atoms with van der Waals surface area (Å²) >= 11 is 0. The third kappa shape index (κ3) is 2.78. The van der Waals surface area contributed by atoms with Crippen LogP contribution in [0.15, 0.2) is 12.4 Å². The number of rotatable bonds is 2. The number of hydrogen-bond donors (Lipinski definition) is 0. The minimum atomic E-state index is -0.152. The number of amides is 1. The van der Waals surface area contributed by atoms with E-state index in [1.54, 1.807) is 4.68 Å². The molecule has 1 aromatic heterocycles. The number of fused-ring (bicyclic) bond motifs is 1. The van der Waals surface area contributed by atoms with Crippen LogP contribution in [0.5, 0.6) is 0 Å². The summed E-state index contributed by atoms with van der Waals surface area (Å²) in [5.74, 6) is 0.163. The lowest BCUT2D eigenvalue weighted by atomic mass is 9.88. The first kappa shape index (κ1) is 15.1. The highest BCUT2D eigenvalue weighted by Crippen LogP contribution is 2.38. The zero-order valence-electron chi connectivity index (χ0n) is 13.7. The van der Waals surface area contributed by atoms with Gasteiger partial charge >= 0.3 is 0 Å². The monoisotopic (exact) mass is 319 g/mol. The lowest BCUT2D eigenvalue weighted by Crippen LogP contribution is -2.56. The van der Waals surface area contributed by atoms with E-state index in [2.05, 4.69) is 10.00 Å². The summed E-state index contributed by atoms with van der Waals surface area (Å²) < 4.78 is 13.6. The second kappa shape index (κ2) is 6.24. The number of ether oxygens (including phenoxy) is 2. The molecule has 1 amide bonds. The van der Waals surface area contributed by atoms with E-state index in [9.17, 15) is 4.79 Å². The molecule has 6 heteroatoms. The second-order valence-corrected chi connectivity index (χ2v) is 6.93. The first-order chi connectivity index (χ1) is 11.2. The summed E-state index contributed by atoms with van der Waals surface area (Å²) in [6.07, 6.45) is 9.23. The maximum atomic E-state index is 13.2. The SMILES string of the molecule is Cn1cc([C@H]2OCC[C@@H]2C(=O)N2CCO[C@@H]3CCCC[C@@H]32)cn1. The largest absolute Gasteiger partial charge is 0.374 e. The maximum Gasteiger partial charge on any atom is 0.229 e. The average Bonchev–Trinajstić information content (AvgIpc) is 3.22. The molecule has 4 rings (SSSR count). The molecule has 126 valence electrons. The van der Waals surface area contributed by atoms with Crippen molar-refractivity contribution in [2.75, 3.05) is 19.8 Å². The Hall–Kier alpha value is -1.40. The van der Waals surface area contributed by atoms with E-state index in [0.29, 0.717) is 13.2 Å². The Kier molecular flexibility index (Phi) is 4.11. The van der Waals surface area contributed by atoms with E-state index in [4.69, 9.17) is 9.47 Å². The number of morpholine rings is 1. The molecule has 0 bridgehead atoms. The summed E-state index contributed by atoms with van der Waals surface area (Å²) in [5, 5.41) is 4.22. The van der Waals surface area contributed by atoms with E-state index < -0.39 is 0 Å². The predicted molar refractivity (Wildman–Crippen MR) is 83.7 cm³/mol. The van der Waals surface area contributed by atoms with Crippen LogP contribution < -0.4 is 0 Å². The number of carbonyl (C=O) groups is 1. The van der Waals surface area contributed by atoms with E-state index in [1.807, 2.05) is 19.4 Å². The van der Waals surface area contributed by atoms with Crippen molar-refractivity contribution in [1.29, 1.82) is 0 Å². The molecular weight excluding hydrogens is 294 g/mol. The fourth-order valence-electron chi connectivity index (χ4n) is 4.34. The number of aromatic nitrogens is 2. The Balaban J connectivity index is 1.53. The molecule has 4 atom stereocenters. The van der Waals surface area contributed by atoms with Crippen molar-refractivity contribution in [3.8, 4) is 0 Å². The van der Waals surface area contributed by atoms with Gasteiger partial charge in [-0.1, -0.05) is 12.8 Å². The van der Waals surface area contributed by atoms with Crippen LogP contribution in [-0.4, -0.2) is 52.5 Å². The highest BCUT2D eigenvalue weighted by Gasteiger charge is 2.43. The molecule has 0 N–H and O–H groups in total. The predicted octanol–water partition coefficient (Wildman–Crippen LogP) is 1.67. The molecule has 1 saturated carbocycles. The van der Waals surface area contributed by atoms with E-state index in [1.165, 1.54) is 12.8 Å². The van der Waals surface area contributed by atoms with Gasteiger partial charge in [0.2, 0.25) is 5.91 Å². The third-order valence-corrected chi connectivity index (χ3v) is 5.48. The molecule has 1 aliphatic carbocycles. The lowest BCUT2D eigenvalue weighted by molar-refractivity contribution is -0.155. The van der Waals surface area contributed by atoms with Gasteiger partial charge in [-0.25, -0.2) is 0 Å². The Morgan fingerprint density at radius 3 is 2.91 bits per heavy atom. The summed E-state index contributed by atoms with van der Waals surface area (Å²) in [6.45, 7) is 2.03. The number of hydrogen-bond acceptors (Lipinski definition) is 4. The van der Waals surface area contributed by atoms with Gasteiger partial charge in [-0.15, -0.1) is 0 Å². The number of aryl methyl sites for hydroxylation is 1. The van der Waals surface area contributed by atoms with Gasteiger partial charge in [0.1, 0.15) is 0 Å². The van der Waals surface area contributed by atoms with Gasteiger partial charge in [0.25, 0.3) is 0 Å². The van der Waals surface area contributed by atoms with Crippen LogP contribution in [0.4, 0.5) is 0 Å². The van der Waals surface area contributed by atoms with Gasteiger partial charge in [0, 0.05) is 32.0 Å². The minimum absolute atomic E-state index is 0.0834. The molecule has 3 heterocycles. The molecule has 6 nitrogen and oxygen atoms in total. The van der Waals surface area contributed by atoms with Crippen LogP contribution in [0.25, 0.3) is 0 Å². The van der Waals surface area contributed by atoms with Crippen molar-refractivity contribution in [2.45, 2.75) is 50.4 Å². The zero-order valence-corrected chi connectivity index (χ0v) is 13.7. The summed E-state index contributed by atoms with van der Waals surface area (Å²) in [5.41, 5.74) is 1.01. The first-order valence-electron chi connectivity index (χ1n) is 8.76. The summed E-state index contributed by atoms with van der Waals surface area (Å²) in [6, 6.07) is 0.264. The van der Waals surface area contributed by atoms with E-state index >= 15 is 0 Å². The zero-order chi connectivity index (χ0) is 15.8. The fraction of sp³-hybridized carbons (Fsp3) is 0.765. The summed E-state index contributed by atoms with van der Waals surface area (Å²) in [7, 11) is 1.89. The van der Waals surface area contributed by atoms with Gasteiger partial charge in [-0.2, -0.15) is 5.10 Å². The first-order valence-corrected chi connectivity index (χ1v) is 8.76. The molecular formula is C17H25N3O3. The molecule has 2 saturated heterocycles. The Morgan fingerprint density at radius 2 is 2.09 bits per heavy atom. The highest BCUT2D eigenvalue weighted by molar-refractivity contribution is 5.80. The molecule has 0 aromatic carbocycles. The molecule has 1 aromatic rings. The van der Waals surface area contributed by atoms with Crippen LogP contribution in [0.1, 0.15) is 43.8 Å². The van der Waals surface area contributed by atoms with Crippen molar-refractivity contribution in [1.82, 2.24) is 14.7 Å². The number of carbonyl (C=O) groups excluding carboxylic acids is 1. The molecule has 2 aliphatic heterocycles. The van der Waals surface area contributed by atoms with Crippen molar-refractivity contribution < 1.29 is 14.3 Å². The lowest BCUT2D eigenvalue weighted by Gasteiger charge is -2.44. The van der Waals surface area contributed by atoms with Crippen molar-refractivity contribution >= 4 is 5.91 Å².